The Kier molecular flexibility index (Phi) is 25.6. The molecule has 0 aromatic carbocycles. The average molecular weight is 224 g/mol. The topological polar surface area (TPSA) is 72.2 Å². The standard InChI is InChI=1S/C6H13NO2S.C2H6.CH5N/c1-3-10(9)5-6(4-8)7-2;2*1-2/h4,6-7H,3,5H2,1-2H3;1-2H3;2H2,1H3. The third-order valence-corrected chi connectivity index (χ3v) is 2.60. The summed E-state index contributed by atoms with van der Waals surface area (Å²) < 4.78 is 10.9. The molecule has 0 fully saturated rings. The van der Waals surface area contributed by atoms with Gasteiger partial charge in [0.05, 0.1) is 6.04 Å². The molecule has 0 bridgehead atoms. The summed E-state index contributed by atoms with van der Waals surface area (Å²) in [4.78, 5) is 10.2. The second kappa shape index (κ2) is 18.5. The number of nitrogens with two attached hydrogens (primary N) is 1. The van der Waals surface area contributed by atoms with Crippen molar-refractivity contribution in [2.45, 2.75) is 26.8 Å². The number of aldehydes is 1. The van der Waals surface area contributed by atoms with Gasteiger partial charge in [-0.15, -0.1) is 0 Å². The maximum Gasteiger partial charge on any atom is 0.137 e. The Labute approximate surface area is 90.1 Å². The zero-order valence-corrected chi connectivity index (χ0v) is 10.7. The van der Waals surface area contributed by atoms with E-state index >= 15 is 0 Å². The monoisotopic (exact) mass is 224 g/mol. The van der Waals surface area contributed by atoms with E-state index in [2.05, 4.69) is 11.1 Å². The maximum absolute atomic E-state index is 10.9. The van der Waals surface area contributed by atoms with E-state index in [1.807, 2.05) is 20.8 Å². The Hall–Kier alpha value is -0.260. The van der Waals surface area contributed by atoms with Gasteiger partial charge >= 0.3 is 0 Å². The molecule has 2 atom stereocenters. The minimum Gasteiger partial charge on any atom is -0.333 e. The average Bonchev–Trinajstić information content (AvgIpc) is 2.30. The molecule has 0 aliphatic heterocycles. The second-order valence-corrected chi connectivity index (χ2v) is 3.72. The lowest BCUT2D eigenvalue weighted by molar-refractivity contribution is -0.109. The first-order valence-corrected chi connectivity index (χ1v) is 6.28. The van der Waals surface area contributed by atoms with Crippen molar-refractivity contribution in [3.8, 4) is 0 Å². The summed E-state index contributed by atoms with van der Waals surface area (Å²) in [5.41, 5.74) is 4.50. The normalized spacial score (nSPS) is 12.4. The van der Waals surface area contributed by atoms with Crippen molar-refractivity contribution in [3.63, 3.8) is 0 Å². The van der Waals surface area contributed by atoms with Gasteiger partial charge in [-0.05, 0) is 14.1 Å². The molecular formula is C9H24N2O2S. The van der Waals surface area contributed by atoms with Crippen LogP contribution in [0.1, 0.15) is 20.8 Å². The van der Waals surface area contributed by atoms with Crippen LogP contribution in [-0.4, -0.2) is 42.1 Å². The Bertz CT molecular complexity index is 132. The zero-order chi connectivity index (χ0) is 12.0. The number of carbonyl (C=O) groups is 1. The van der Waals surface area contributed by atoms with Gasteiger partial charge in [0.15, 0.2) is 0 Å². The van der Waals surface area contributed by atoms with Crippen LogP contribution in [0.5, 0.6) is 0 Å². The summed E-state index contributed by atoms with van der Waals surface area (Å²) in [6, 6.07) is -0.249. The number of likely N-dealkylation sites (N-methyl/N-ethyl adjacent to an activating group) is 1. The first-order chi connectivity index (χ1) is 6.74. The van der Waals surface area contributed by atoms with Crippen LogP contribution in [-0.2, 0) is 15.6 Å². The largest absolute Gasteiger partial charge is 0.333 e. The number of rotatable bonds is 5. The maximum atomic E-state index is 10.9. The van der Waals surface area contributed by atoms with Crippen molar-refractivity contribution in [1.82, 2.24) is 5.32 Å². The fourth-order valence-electron chi connectivity index (χ4n) is 0.509. The van der Waals surface area contributed by atoms with Gasteiger partial charge in [0.1, 0.15) is 6.29 Å². The van der Waals surface area contributed by atoms with E-state index in [-0.39, 0.29) is 6.04 Å². The zero-order valence-electron chi connectivity index (χ0n) is 9.87. The fourth-order valence-corrected chi connectivity index (χ4v) is 1.39. The Morgan fingerprint density at radius 3 is 2.07 bits per heavy atom. The number of nitrogens with one attached hydrogen (secondary N) is 1. The van der Waals surface area contributed by atoms with Crippen LogP contribution in [0, 0.1) is 0 Å². The molecule has 0 saturated heterocycles. The van der Waals surface area contributed by atoms with E-state index < -0.39 is 10.8 Å². The first-order valence-electron chi connectivity index (χ1n) is 4.79. The molecule has 0 aromatic heterocycles. The molecule has 0 aliphatic rings. The molecular weight excluding hydrogens is 200 g/mol. The molecule has 3 N–H and O–H groups in total. The lowest BCUT2D eigenvalue weighted by Crippen LogP contribution is -2.32. The number of hydrogen-bond acceptors (Lipinski definition) is 4. The number of carbonyl (C=O) groups excluding carboxylic acids is 1. The Balaban J connectivity index is -0.000000266. The minimum atomic E-state index is -0.851. The van der Waals surface area contributed by atoms with E-state index in [1.165, 1.54) is 7.05 Å². The second-order valence-electron chi connectivity index (χ2n) is 1.93. The third-order valence-electron chi connectivity index (χ3n) is 1.22. The molecule has 0 heterocycles. The van der Waals surface area contributed by atoms with Crippen molar-refractivity contribution in [2.75, 3.05) is 25.6 Å². The summed E-state index contributed by atoms with van der Waals surface area (Å²) in [6.07, 6.45) is 0.785. The summed E-state index contributed by atoms with van der Waals surface area (Å²) in [5.74, 6) is 1.04. The van der Waals surface area contributed by atoms with E-state index in [4.69, 9.17) is 0 Å². The van der Waals surface area contributed by atoms with Gasteiger partial charge in [0.25, 0.3) is 0 Å². The van der Waals surface area contributed by atoms with Crippen molar-refractivity contribution in [1.29, 1.82) is 0 Å². The van der Waals surface area contributed by atoms with Crippen LogP contribution in [0.25, 0.3) is 0 Å². The SMILES string of the molecule is CC.CCS(=O)CC(C=O)NC.CN. The first kappa shape index (κ1) is 19.3. The molecule has 88 valence electrons. The van der Waals surface area contributed by atoms with Gasteiger partial charge in [-0.25, -0.2) is 0 Å². The summed E-state index contributed by atoms with van der Waals surface area (Å²) in [7, 11) is 2.34. The van der Waals surface area contributed by atoms with E-state index in [0.29, 0.717) is 11.5 Å². The molecule has 0 aliphatic carbocycles. The predicted molar refractivity (Wildman–Crippen MR) is 63.9 cm³/mol. The van der Waals surface area contributed by atoms with Crippen molar-refractivity contribution in [2.24, 2.45) is 5.73 Å². The third kappa shape index (κ3) is 14.3. The Morgan fingerprint density at radius 2 is 1.86 bits per heavy atom. The quantitative estimate of drug-likeness (QED) is 0.652. The number of hydrogen-bond donors (Lipinski definition) is 2. The van der Waals surface area contributed by atoms with Gasteiger partial charge < -0.3 is 15.8 Å². The van der Waals surface area contributed by atoms with Gasteiger partial charge in [0, 0.05) is 22.3 Å². The molecule has 0 radical (unpaired) electrons. The van der Waals surface area contributed by atoms with Gasteiger partial charge in [0.2, 0.25) is 0 Å². The van der Waals surface area contributed by atoms with E-state index in [9.17, 15) is 9.00 Å². The highest BCUT2D eigenvalue weighted by Gasteiger charge is 2.06. The molecule has 4 nitrogen and oxygen atoms in total. The van der Waals surface area contributed by atoms with E-state index in [0.717, 1.165) is 6.29 Å². The fraction of sp³-hybridized carbons (Fsp3) is 0.889. The molecule has 0 aromatic rings. The molecule has 0 rings (SSSR count). The van der Waals surface area contributed by atoms with Crippen molar-refractivity contribution in [3.05, 3.63) is 0 Å². The molecule has 2 unspecified atom stereocenters. The predicted octanol–water partition coefficient (Wildman–Crippen LogP) is 0.143. The highest BCUT2D eigenvalue weighted by atomic mass is 32.2. The molecule has 14 heavy (non-hydrogen) atoms. The molecule has 0 amide bonds. The summed E-state index contributed by atoms with van der Waals surface area (Å²) in [6.45, 7) is 5.84. The van der Waals surface area contributed by atoms with Crippen LogP contribution in [0.15, 0.2) is 0 Å². The lowest BCUT2D eigenvalue weighted by Gasteiger charge is -2.05. The molecule has 0 saturated carbocycles. The van der Waals surface area contributed by atoms with Crippen molar-refractivity contribution < 1.29 is 9.00 Å². The van der Waals surface area contributed by atoms with Crippen LogP contribution >= 0.6 is 0 Å². The van der Waals surface area contributed by atoms with E-state index in [1.54, 1.807) is 7.05 Å². The minimum absolute atomic E-state index is 0.249. The highest BCUT2D eigenvalue weighted by Crippen LogP contribution is 1.85. The Morgan fingerprint density at radius 1 is 1.43 bits per heavy atom. The highest BCUT2D eigenvalue weighted by molar-refractivity contribution is 7.85. The molecule has 5 heteroatoms. The van der Waals surface area contributed by atoms with Gasteiger partial charge in [-0.1, -0.05) is 20.8 Å². The summed E-state index contributed by atoms with van der Waals surface area (Å²) in [5, 5.41) is 2.76. The van der Waals surface area contributed by atoms with Crippen LogP contribution in [0.3, 0.4) is 0 Å². The summed E-state index contributed by atoms with van der Waals surface area (Å²) >= 11 is 0. The van der Waals surface area contributed by atoms with Crippen LogP contribution < -0.4 is 11.1 Å². The molecule has 0 spiro atoms. The van der Waals surface area contributed by atoms with Gasteiger partial charge in [-0.3, -0.25) is 4.21 Å². The van der Waals surface area contributed by atoms with Gasteiger partial charge in [-0.2, -0.15) is 0 Å². The lowest BCUT2D eigenvalue weighted by atomic mass is 10.4. The van der Waals surface area contributed by atoms with Crippen molar-refractivity contribution >= 4 is 17.1 Å². The smallest absolute Gasteiger partial charge is 0.137 e. The van der Waals surface area contributed by atoms with Crippen LogP contribution in [0.4, 0.5) is 0 Å². The van der Waals surface area contributed by atoms with Crippen LogP contribution in [0.2, 0.25) is 0 Å².